The number of carbonyl (C=O) groups is 1. The highest BCUT2D eigenvalue weighted by atomic mass is 32.2. The molecule has 0 spiro atoms. The van der Waals surface area contributed by atoms with Gasteiger partial charge in [0.1, 0.15) is 5.75 Å². The van der Waals surface area contributed by atoms with Crippen molar-refractivity contribution in [3.8, 4) is 34.3 Å². The molecule has 0 radical (unpaired) electrons. The predicted octanol–water partition coefficient (Wildman–Crippen LogP) is 3.90. The molecule has 178 valence electrons. The SMILES string of the molecule is COc1ccc(-c2nnc(SCC(=O)N/N=C/c3ccc(O)cc3)n2-c2ccccc2)cc1OC. The number of amides is 1. The zero-order valence-corrected chi connectivity index (χ0v) is 19.9. The van der Waals surface area contributed by atoms with Gasteiger partial charge >= 0.3 is 0 Å². The minimum absolute atomic E-state index is 0.0871. The van der Waals surface area contributed by atoms with E-state index in [9.17, 15) is 9.90 Å². The Morgan fingerprint density at radius 3 is 2.49 bits per heavy atom. The molecule has 0 unspecified atom stereocenters. The van der Waals surface area contributed by atoms with Gasteiger partial charge in [-0.1, -0.05) is 30.0 Å². The van der Waals surface area contributed by atoms with Crippen molar-refractivity contribution >= 4 is 23.9 Å². The molecule has 0 aliphatic carbocycles. The summed E-state index contributed by atoms with van der Waals surface area (Å²) in [6, 6.07) is 21.7. The molecule has 0 bridgehead atoms. The van der Waals surface area contributed by atoms with Crippen LogP contribution in [0.1, 0.15) is 5.56 Å². The summed E-state index contributed by atoms with van der Waals surface area (Å²) in [5.41, 5.74) is 4.89. The third-order valence-electron chi connectivity index (χ3n) is 4.92. The van der Waals surface area contributed by atoms with Crippen LogP contribution in [0.4, 0.5) is 0 Å². The van der Waals surface area contributed by atoms with Crippen LogP contribution < -0.4 is 14.9 Å². The molecule has 4 aromatic rings. The standard InChI is InChI=1S/C25H23N5O4S/c1-33-21-13-10-18(14-22(21)34-2)24-28-29-25(30(24)19-6-4-3-5-7-19)35-16-23(32)27-26-15-17-8-11-20(31)12-9-17/h3-15,31H,16H2,1-2H3,(H,27,32)/b26-15+. The van der Waals surface area contributed by atoms with E-state index in [1.807, 2.05) is 53.1 Å². The van der Waals surface area contributed by atoms with Crippen LogP contribution >= 0.6 is 11.8 Å². The topological polar surface area (TPSA) is 111 Å². The van der Waals surface area contributed by atoms with Crippen LogP contribution in [0.3, 0.4) is 0 Å². The Morgan fingerprint density at radius 2 is 1.77 bits per heavy atom. The average molecular weight is 490 g/mol. The monoisotopic (exact) mass is 489 g/mol. The Hall–Kier alpha value is -4.31. The first-order valence-corrected chi connectivity index (χ1v) is 11.5. The van der Waals surface area contributed by atoms with E-state index in [2.05, 4.69) is 20.7 Å². The first-order valence-electron chi connectivity index (χ1n) is 10.6. The first-order chi connectivity index (χ1) is 17.1. The highest BCUT2D eigenvalue weighted by molar-refractivity contribution is 7.99. The fourth-order valence-corrected chi connectivity index (χ4v) is 3.98. The molecule has 0 aliphatic heterocycles. The number of hydrogen-bond acceptors (Lipinski definition) is 8. The van der Waals surface area contributed by atoms with E-state index in [-0.39, 0.29) is 17.4 Å². The highest BCUT2D eigenvalue weighted by Crippen LogP contribution is 2.34. The lowest BCUT2D eigenvalue weighted by atomic mass is 10.2. The number of hydrazone groups is 1. The van der Waals surface area contributed by atoms with Crippen LogP contribution in [0.5, 0.6) is 17.2 Å². The summed E-state index contributed by atoms with van der Waals surface area (Å²) in [6.45, 7) is 0. The van der Waals surface area contributed by atoms with Crippen molar-refractivity contribution in [2.75, 3.05) is 20.0 Å². The molecular weight excluding hydrogens is 466 g/mol. The Labute approximate surface area is 206 Å². The molecule has 3 aromatic carbocycles. The van der Waals surface area contributed by atoms with Gasteiger partial charge in [-0.2, -0.15) is 5.10 Å². The minimum atomic E-state index is -0.291. The highest BCUT2D eigenvalue weighted by Gasteiger charge is 2.18. The number of rotatable bonds is 9. The number of aromatic nitrogens is 3. The number of benzene rings is 3. The number of nitrogens with one attached hydrogen (secondary N) is 1. The van der Waals surface area contributed by atoms with Crippen molar-refractivity contribution < 1.29 is 19.4 Å². The summed E-state index contributed by atoms with van der Waals surface area (Å²) in [5.74, 6) is 1.75. The van der Waals surface area contributed by atoms with E-state index in [1.165, 1.54) is 18.0 Å². The van der Waals surface area contributed by atoms with E-state index in [1.54, 1.807) is 38.5 Å². The summed E-state index contributed by atoms with van der Waals surface area (Å²) in [6.07, 6.45) is 1.50. The maximum Gasteiger partial charge on any atom is 0.250 e. The van der Waals surface area contributed by atoms with Gasteiger partial charge in [0.25, 0.3) is 5.91 Å². The number of para-hydroxylation sites is 1. The van der Waals surface area contributed by atoms with E-state index in [0.717, 1.165) is 16.8 Å². The number of nitrogens with zero attached hydrogens (tertiary/aromatic N) is 4. The molecule has 0 saturated carbocycles. The summed E-state index contributed by atoms with van der Waals surface area (Å²) in [4.78, 5) is 12.4. The van der Waals surface area contributed by atoms with E-state index in [0.29, 0.717) is 22.5 Å². The van der Waals surface area contributed by atoms with Crippen LogP contribution in [-0.2, 0) is 4.79 Å². The fourth-order valence-electron chi connectivity index (χ4n) is 3.24. The van der Waals surface area contributed by atoms with Crippen molar-refractivity contribution in [2.45, 2.75) is 5.16 Å². The first kappa shape index (κ1) is 23.8. The van der Waals surface area contributed by atoms with Gasteiger partial charge in [0.15, 0.2) is 22.5 Å². The van der Waals surface area contributed by atoms with Gasteiger partial charge in [-0.3, -0.25) is 9.36 Å². The summed E-state index contributed by atoms with van der Waals surface area (Å²) >= 11 is 1.25. The summed E-state index contributed by atoms with van der Waals surface area (Å²) in [7, 11) is 3.16. The van der Waals surface area contributed by atoms with Gasteiger partial charge in [0.2, 0.25) is 0 Å². The second-order valence-electron chi connectivity index (χ2n) is 7.22. The van der Waals surface area contributed by atoms with Gasteiger partial charge in [0.05, 0.1) is 26.2 Å². The number of phenols is 1. The lowest BCUT2D eigenvalue weighted by Gasteiger charge is -2.12. The van der Waals surface area contributed by atoms with Crippen molar-refractivity contribution in [2.24, 2.45) is 5.10 Å². The number of ether oxygens (including phenoxy) is 2. The molecule has 9 nitrogen and oxygen atoms in total. The molecule has 1 heterocycles. The van der Waals surface area contributed by atoms with Crippen LogP contribution in [-0.4, -0.2) is 52.0 Å². The molecule has 2 N–H and O–H groups in total. The second kappa shape index (κ2) is 11.2. The average Bonchev–Trinajstić information content (AvgIpc) is 3.32. The zero-order chi connectivity index (χ0) is 24.6. The predicted molar refractivity (Wildman–Crippen MR) is 134 cm³/mol. The van der Waals surface area contributed by atoms with Gasteiger partial charge in [-0.25, -0.2) is 5.43 Å². The molecule has 1 amide bonds. The maximum absolute atomic E-state index is 12.4. The smallest absolute Gasteiger partial charge is 0.250 e. The molecule has 0 fully saturated rings. The van der Waals surface area contributed by atoms with Crippen LogP contribution in [0, 0.1) is 0 Å². The largest absolute Gasteiger partial charge is 0.508 e. The quantitative estimate of drug-likeness (QED) is 0.208. The number of methoxy groups -OCH3 is 2. The Balaban J connectivity index is 1.54. The van der Waals surface area contributed by atoms with Gasteiger partial charge in [0, 0.05) is 11.3 Å². The van der Waals surface area contributed by atoms with Gasteiger partial charge in [-0.15, -0.1) is 10.2 Å². The normalized spacial score (nSPS) is 10.9. The number of carbonyl (C=O) groups excluding carboxylic acids is 1. The Kier molecular flexibility index (Phi) is 7.63. The molecule has 0 saturated heterocycles. The Bertz CT molecular complexity index is 1320. The molecule has 0 aliphatic rings. The molecule has 35 heavy (non-hydrogen) atoms. The van der Waals surface area contributed by atoms with E-state index >= 15 is 0 Å². The third kappa shape index (κ3) is 5.79. The lowest BCUT2D eigenvalue weighted by molar-refractivity contribution is -0.118. The van der Waals surface area contributed by atoms with Gasteiger partial charge in [-0.05, 0) is 60.2 Å². The fraction of sp³-hybridized carbons (Fsp3) is 0.120. The van der Waals surface area contributed by atoms with Crippen LogP contribution in [0.15, 0.2) is 83.1 Å². The molecule has 0 atom stereocenters. The molecule has 10 heteroatoms. The summed E-state index contributed by atoms with van der Waals surface area (Å²) in [5, 5.41) is 22.6. The second-order valence-corrected chi connectivity index (χ2v) is 8.16. The van der Waals surface area contributed by atoms with Crippen LogP contribution in [0.25, 0.3) is 17.1 Å². The molecular formula is C25H23N5O4S. The number of aromatic hydroxyl groups is 1. The van der Waals surface area contributed by atoms with E-state index in [4.69, 9.17) is 9.47 Å². The van der Waals surface area contributed by atoms with E-state index < -0.39 is 0 Å². The van der Waals surface area contributed by atoms with Crippen molar-refractivity contribution in [1.82, 2.24) is 20.2 Å². The number of thioether (sulfide) groups is 1. The van der Waals surface area contributed by atoms with Crippen molar-refractivity contribution in [3.05, 3.63) is 78.4 Å². The lowest BCUT2D eigenvalue weighted by Crippen LogP contribution is -2.20. The maximum atomic E-state index is 12.4. The minimum Gasteiger partial charge on any atom is -0.508 e. The van der Waals surface area contributed by atoms with Crippen LogP contribution in [0.2, 0.25) is 0 Å². The summed E-state index contributed by atoms with van der Waals surface area (Å²) < 4.78 is 12.7. The molecule has 4 rings (SSSR count). The van der Waals surface area contributed by atoms with Gasteiger partial charge < -0.3 is 14.6 Å². The third-order valence-corrected chi connectivity index (χ3v) is 5.85. The number of hydrogen-bond donors (Lipinski definition) is 2. The van der Waals surface area contributed by atoms with Crippen molar-refractivity contribution in [1.29, 1.82) is 0 Å². The number of phenolic OH excluding ortho intramolecular Hbond substituents is 1. The zero-order valence-electron chi connectivity index (χ0n) is 19.1. The molecule has 1 aromatic heterocycles. The van der Waals surface area contributed by atoms with Crippen molar-refractivity contribution in [3.63, 3.8) is 0 Å². The Morgan fingerprint density at radius 1 is 1.03 bits per heavy atom.